The van der Waals surface area contributed by atoms with Gasteiger partial charge in [-0.15, -0.1) is 24.0 Å². The number of halogens is 2. The van der Waals surface area contributed by atoms with Crippen molar-refractivity contribution in [1.82, 2.24) is 20.4 Å². The number of nitrogens with one attached hydrogen (secondary N) is 2. The maximum absolute atomic E-state index is 6.11. The number of benzene rings is 1. The van der Waals surface area contributed by atoms with Crippen LogP contribution in [0.1, 0.15) is 56.3 Å². The molecule has 7 heteroatoms. The fourth-order valence-corrected chi connectivity index (χ4v) is 3.31. The van der Waals surface area contributed by atoms with Crippen molar-refractivity contribution in [2.75, 3.05) is 6.54 Å². The molecule has 1 heterocycles. The summed E-state index contributed by atoms with van der Waals surface area (Å²) in [4.78, 5) is 4.81. The molecular formula is C20H31ClIN5. The second kappa shape index (κ2) is 11.5. The third-order valence-corrected chi connectivity index (χ3v) is 4.70. The SMILES string of the molecule is CCNC(=NCc1c(CC)nn(C)c1CC)NC(C)c1cccc(Cl)c1.I. The Labute approximate surface area is 185 Å². The van der Waals surface area contributed by atoms with Crippen molar-refractivity contribution >= 4 is 41.5 Å². The monoisotopic (exact) mass is 503 g/mol. The van der Waals surface area contributed by atoms with Crippen LogP contribution in [-0.4, -0.2) is 22.3 Å². The first-order chi connectivity index (χ1) is 12.5. The molecule has 5 nitrogen and oxygen atoms in total. The molecule has 0 bridgehead atoms. The summed E-state index contributed by atoms with van der Waals surface area (Å²) in [5.41, 5.74) is 4.76. The minimum absolute atomic E-state index is 0. The molecule has 0 spiro atoms. The van der Waals surface area contributed by atoms with Gasteiger partial charge in [-0.1, -0.05) is 37.6 Å². The molecule has 0 aliphatic carbocycles. The van der Waals surface area contributed by atoms with Crippen LogP contribution in [0.3, 0.4) is 0 Å². The zero-order valence-corrected chi connectivity index (χ0v) is 19.9. The number of hydrogen-bond acceptors (Lipinski definition) is 2. The highest BCUT2D eigenvalue weighted by atomic mass is 127. The van der Waals surface area contributed by atoms with E-state index in [0.29, 0.717) is 6.54 Å². The van der Waals surface area contributed by atoms with Crippen molar-refractivity contribution in [1.29, 1.82) is 0 Å². The predicted octanol–water partition coefficient (Wildman–Crippen LogP) is 4.63. The highest BCUT2D eigenvalue weighted by molar-refractivity contribution is 14.0. The van der Waals surface area contributed by atoms with Crippen molar-refractivity contribution in [2.45, 2.75) is 53.1 Å². The fraction of sp³-hybridized carbons (Fsp3) is 0.500. The minimum atomic E-state index is 0. The minimum Gasteiger partial charge on any atom is -0.357 e. The molecule has 2 aromatic rings. The molecule has 0 saturated carbocycles. The molecule has 1 aromatic carbocycles. The highest BCUT2D eigenvalue weighted by Crippen LogP contribution is 2.18. The first kappa shape index (κ1) is 23.8. The Morgan fingerprint density at radius 3 is 2.59 bits per heavy atom. The van der Waals surface area contributed by atoms with Crippen LogP contribution in [0.2, 0.25) is 5.02 Å². The first-order valence-corrected chi connectivity index (χ1v) is 9.71. The standard InChI is InChI=1S/C20H30ClN5.HI/c1-6-18-17(19(7-2)26(5)25-18)13-23-20(22-8-3)24-14(4)15-10-9-11-16(21)12-15;/h9-12,14H,6-8,13H2,1-5H3,(H2,22,23,24);1H. The maximum atomic E-state index is 6.11. The summed E-state index contributed by atoms with van der Waals surface area (Å²) in [6.45, 7) is 9.91. The van der Waals surface area contributed by atoms with E-state index >= 15 is 0 Å². The Hall–Kier alpha value is -1.28. The van der Waals surface area contributed by atoms with E-state index in [2.05, 4.69) is 49.5 Å². The number of rotatable bonds is 7. The van der Waals surface area contributed by atoms with Crippen LogP contribution in [0, 0.1) is 0 Å². The largest absolute Gasteiger partial charge is 0.357 e. The second-order valence-electron chi connectivity index (χ2n) is 6.32. The van der Waals surface area contributed by atoms with Crippen LogP contribution >= 0.6 is 35.6 Å². The van der Waals surface area contributed by atoms with Crippen molar-refractivity contribution in [2.24, 2.45) is 12.0 Å². The van der Waals surface area contributed by atoms with Gasteiger partial charge in [0.2, 0.25) is 0 Å². The number of hydrogen-bond donors (Lipinski definition) is 2. The molecule has 2 N–H and O–H groups in total. The van der Waals surface area contributed by atoms with E-state index in [1.165, 1.54) is 11.3 Å². The molecular weight excluding hydrogens is 473 g/mol. The van der Waals surface area contributed by atoms with Crippen molar-refractivity contribution in [3.05, 3.63) is 51.8 Å². The predicted molar refractivity (Wildman–Crippen MR) is 125 cm³/mol. The van der Waals surface area contributed by atoms with E-state index in [1.807, 2.05) is 29.9 Å². The van der Waals surface area contributed by atoms with E-state index < -0.39 is 0 Å². The van der Waals surface area contributed by atoms with Crippen LogP contribution in [0.25, 0.3) is 0 Å². The van der Waals surface area contributed by atoms with Gasteiger partial charge in [0.1, 0.15) is 0 Å². The van der Waals surface area contributed by atoms with Crippen molar-refractivity contribution < 1.29 is 0 Å². The lowest BCUT2D eigenvalue weighted by Gasteiger charge is -2.18. The Kier molecular flexibility index (Phi) is 10.2. The number of guanidine groups is 1. The summed E-state index contributed by atoms with van der Waals surface area (Å²) in [5.74, 6) is 0.799. The molecule has 0 fully saturated rings. The van der Waals surface area contributed by atoms with Crippen LogP contribution < -0.4 is 10.6 Å². The molecule has 2 rings (SSSR count). The molecule has 27 heavy (non-hydrogen) atoms. The maximum Gasteiger partial charge on any atom is 0.192 e. The molecule has 0 amide bonds. The van der Waals surface area contributed by atoms with Gasteiger partial charge in [-0.3, -0.25) is 4.68 Å². The Morgan fingerprint density at radius 2 is 2.00 bits per heavy atom. The van der Waals surface area contributed by atoms with Crippen LogP contribution in [0.4, 0.5) is 0 Å². The summed E-state index contributed by atoms with van der Waals surface area (Å²) in [6, 6.07) is 8.01. The lowest BCUT2D eigenvalue weighted by atomic mass is 10.1. The lowest BCUT2D eigenvalue weighted by Crippen LogP contribution is -2.38. The molecule has 0 aliphatic rings. The average molecular weight is 504 g/mol. The van der Waals surface area contributed by atoms with Gasteiger partial charge < -0.3 is 10.6 Å². The Balaban J connectivity index is 0.00000364. The number of aryl methyl sites for hydroxylation is 2. The normalized spacial score (nSPS) is 12.4. The van der Waals surface area contributed by atoms with E-state index in [-0.39, 0.29) is 30.0 Å². The summed E-state index contributed by atoms with van der Waals surface area (Å²) in [6.07, 6.45) is 1.87. The summed E-state index contributed by atoms with van der Waals surface area (Å²) < 4.78 is 1.98. The van der Waals surface area contributed by atoms with E-state index in [1.54, 1.807) is 0 Å². The highest BCUT2D eigenvalue weighted by Gasteiger charge is 2.14. The zero-order chi connectivity index (χ0) is 19.1. The lowest BCUT2D eigenvalue weighted by molar-refractivity contribution is 0.685. The quantitative estimate of drug-likeness (QED) is 0.329. The third-order valence-electron chi connectivity index (χ3n) is 4.47. The van der Waals surface area contributed by atoms with Gasteiger partial charge in [0.25, 0.3) is 0 Å². The van der Waals surface area contributed by atoms with Crippen molar-refractivity contribution in [3.63, 3.8) is 0 Å². The molecule has 0 radical (unpaired) electrons. The Bertz CT molecular complexity index is 757. The second-order valence-corrected chi connectivity index (χ2v) is 6.76. The molecule has 150 valence electrons. The first-order valence-electron chi connectivity index (χ1n) is 9.33. The van der Waals surface area contributed by atoms with Crippen LogP contribution in [-0.2, 0) is 26.4 Å². The van der Waals surface area contributed by atoms with Gasteiger partial charge in [-0.2, -0.15) is 5.10 Å². The van der Waals surface area contributed by atoms with Gasteiger partial charge >= 0.3 is 0 Å². The fourth-order valence-electron chi connectivity index (χ4n) is 3.11. The van der Waals surface area contributed by atoms with Gasteiger partial charge in [0.15, 0.2) is 5.96 Å². The van der Waals surface area contributed by atoms with Crippen LogP contribution in [0.15, 0.2) is 29.3 Å². The van der Waals surface area contributed by atoms with Gasteiger partial charge in [-0.25, -0.2) is 4.99 Å². The van der Waals surface area contributed by atoms with Crippen LogP contribution in [0.5, 0.6) is 0 Å². The Morgan fingerprint density at radius 1 is 1.26 bits per heavy atom. The number of aliphatic imine (C=N–C) groups is 1. The molecule has 1 unspecified atom stereocenters. The number of nitrogens with zero attached hydrogens (tertiary/aromatic N) is 3. The topological polar surface area (TPSA) is 54.2 Å². The molecule has 1 aromatic heterocycles. The third kappa shape index (κ3) is 6.38. The summed E-state index contributed by atoms with van der Waals surface area (Å²) in [7, 11) is 2.01. The van der Waals surface area contributed by atoms with E-state index in [4.69, 9.17) is 16.6 Å². The van der Waals surface area contributed by atoms with Crippen molar-refractivity contribution in [3.8, 4) is 0 Å². The molecule has 0 aliphatic heterocycles. The molecule has 1 atom stereocenters. The summed E-state index contributed by atoms with van der Waals surface area (Å²) >= 11 is 6.11. The number of aromatic nitrogens is 2. The average Bonchev–Trinajstić information content (AvgIpc) is 2.94. The summed E-state index contributed by atoms with van der Waals surface area (Å²) in [5, 5.41) is 12.2. The van der Waals surface area contributed by atoms with Gasteiger partial charge in [-0.05, 0) is 44.4 Å². The van der Waals surface area contributed by atoms with E-state index in [9.17, 15) is 0 Å². The van der Waals surface area contributed by atoms with Gasteiger partial charge in [0.05, 0.1) is 18.3 Å². The van der Waals surface area contributed by atoms with E-state index in [0.717, 1.165) is 41.6 Å². The van der Waals surface area contributed by atoms with Gasteiger partial charge in [0, 0.05) is 29.9 Å². The smallest absolute Gasteiger partial charge is 0.192 e. The molecule has 0 saturated heterocycles. The zero-order valence-electron chi connectivity index (χ0n) is 16.8.